The van der Waals surface area contributed by atoms with Gasteiger partial charge in [0.2, 0.25) is 0 Å². The van der Waals surface area contributed by atoms with Crippen LogP contribution in [0.1, 0.15) is 51.9 Å². The smallest absolute Gasteiger partial charge is 0.324 e. The van der Waals surface area contributed by atoms with E-state index in [0.29, 0.717) is 6.16 Å². The van der Waals surface area contributed by atoms with E-state index in [4.69, 9.17) is 4.52 Å². The van der Waals surface area contributed by atoms with E-state index in [1.54, 1.807) is 0 Å². The number of unbranched alkanes of at least 4 members (excludes halogenated alkanes) is 1. The van der Waals surface area contributed by atoms with Gasteiger partial charge >= 0.3 is 7.60 Å². The van der Waals surface area contributed by atoms with Gasteiger partial charge in [-0.25, -0.2) is 0 Å². The molecule has 0 aromatic carbocycles. The molecular weight excluding hydrogens is 199 g/mol. The molecule has 0 radical (unpaired) electrons. The molecule has 1 rings (SSSR count). The van der Waals surface area contributed by atoms with Gasteiger partial charge in [-0.1, -0.05) is 32.6 Å². The lowest BCUT2D eigenvalue weighted by Gasteiger charge is -2.24. The van der Waals surface area contributed by atoms with Crippen molar-refractivity contribution in [1.29, 1.82) is 0 Å². The van der Waals surface area contributed by atoms with Gasteiger partial charge in [-0.05, 0) is 19.3 Å². The highest BCUT2D eigenvalue weighted by Gasteiger charge is 2.25. The first-order valence-electron chi connectivity index (χ1n) is 5.64. The minimum atomic E-state index is -3.28. The zero-order chi connectivity index (χ0) is 10.4. The van der Waals surface area contributed by atoms with Gasteiger partial charge in [-0.2, -0.15) is 0 Å². The third-order valence-electron chi connectivity index (χ3n) is 2.66. The molecule has 0 aromatic heterocycles. The summed E-state index contributed by atoms with van der Waals surface area (Å²) in [4.78, 5) is 9.53. The molecule has 0 aliphatic heterocycles. The van der Waals surface area contributed by atoms with Gasteiger partial charge in [-0.3, -0.25) is 4.57 Å². The molecule has 1 saturated carbocycles. The highest BCUT2D eigenvalue weighted by Crippen LogP contribution is 2.46. The van der Waals surface area contributed by atoms with Gasteiger partial charge in [0.15, 0.2) is 0 Å². The Hall–Kier alpha value is 0.150. The van der Waals surface area contributed by atoms with Crippen molar-refractivity contribution in [1.82, 2.24) is 0 Å². The Morgan fingerprint density at radius 3 is 2.57 bits per heavy atom. The van der Waals surface area contributed by atoms with Crippen LogP contribution in [0.2, 0.25) is 0 Å². The van der Waals surface area contributed by atoms with Crippen LogP contribution in [0.4, 0.5) is 0 Å². The van der Waals surface area contributed by atoms with Crippen LogP contribution >= 0.6 is 7.60 Å². The molecule has 0 saturated heterocycles. The van der Waals surface area contributed by atoms with Crippen LogP contribution in [0.3, 0.4) is 0 Å². The van der Waals surface area contributed by atoms with E-state index in [2.05, 4.69) is 0 Å². The molecule has 1 unspecified atom stereocenters. The number of rotatable bonds is 5. The monoisotopic (exact) mass is 220 g/mol. The van der Waals surface area contributed by atoms with Gasteiger partial charge < -0.3 is 9.42 Å². The van der Waals surface area contributed by atoms with Crippen molar-refractivity contribution < 1.29 is 14.0 Å². The SMILES string of the molecule is CCCCP(=O)(O)OC1CCCCC1. The highest BCUT2D eigenvalue weighted by atomic mass is 31.2. The zero-order valence-electron chi connectivity index (χ0n) is 8.95. The summed E-state index contributed by atoms with van der Waals surface area (Å²) in [6, 6.07) is 0. The van der Waals surface area contributed by atoms with Gasteiger partial charge in [-0.15, -0.1) is 0 Å². The van der Waals surface area contributed by atoms with Crippen molar-refractivity contribution in [3.05, 3.63) is 0 Å². The molecule has 0 amide bonds. The lowest BCUT2D eigenvalue weighted by atomic mass is 9.98. The van der Waals surface area contributed by atoms with E-state index in [-0.39, 0.29) is 6.10 Å². The third-order valence-corrected chi connectivity index (χ3v) is 4.17. The summed E-state index contributed by atoms with van der Waals surface area (Å²) in [7, 11) is -3.28. The first kappa shape index (κ1) is 12.2. The van der Waals surface area contributed by atoms with E-state index in [1.165, 1.54) is 6.42 Å². The summed E-state index contributed by atoms with van der Waals surface area (Å²) in [6.45, 7) is 2.01. The fourth-order valence-corrected chi connectivity index (χ4v) is 3.31. The lowest BCUT2D eigenvalue weighted by molar-refractivity contribution is 0.135. The molecule has 3 nitrogen and oxygen atoms in total. The van der Waals surface area contributed by atoms with E-state index in [0.717, 1.165) is 38.5 Å². The van der Waals surface area contributed by atoms with Crippen LogP contribution in [0.15, 0.2) is 0 Å². The predicted molar refractivity (Wildman–Crippen MR) is 57.6 cm³/mol. The molecule has 1 atom stereocenters. The Labute approximate surface area is 86.4 Å². The minimum absolute atomic E-state index is 0.0384. The highest BCUT2D eigenvalue weighted by molar-refractivity contribution is 7.52. The van der Waals surface area contributed by atoms with Crippen LogP contribution in [0.5, 0.6) is 0 Å². The van der Waals surface area contributed by atoms with Crippen molar-refractivity contribution in [3.63, 3.8) is 0 Å². The Morgan fingerprint density at radius 2 is 2.00 bits per heavy atom. The van der Waals surface area contributed by atoms with E-state index in [9.17, 15) is 9.46 Å². The molecule has 1 aliphatic rings. The number of hydrogen-bond donors (Lipinski definition) is 1. The van der Waals surface area contributed by atoms with Gasteiger partial charge in [0.05, 0.1) is 6.10 Å². The molecule has 4 heteroatoms. The van der Waals surface area contributed by atoms with Crippen LogP contribution in [0.25, 0.3) is 0 Å². The van der Waals surface area contributed by atoms with E-state index < -0.39 is 7.60 Å². The molecule has 0 spiro atoms. The summed E-state index contributed by atoms with van der Waals surface area (Å²) in [6.07, 6.45) is 7.50. The zero-order valence-corrected chi connectivity index (χ0v) is 9.84. The first-order valence-corrected chi connectivity index (χ1v) is 7.40. The second-order valence-electron chi connectivity index (χ2n) is 4.08. The molecule has 0 heterocycles. The third kappa shape index (κ3) is 4.59. The van der Waals surface area contributed by atoms with Crippen molar-refractivity contribution in [2.75, 3.05) is 6.16 Å². The summed E-state index contributed by atoms with van der Waals surface area (Å²) in [5.41, 5.74) is 0. The molecule has 84 valence electrons. The molecule has 14 heavy (non-hydrogen) atoms. The van der Waals surface area contributed by atoms with Crippen molar-refractivity contribution in [2.24, 2.45) is 0 Å². The van der Waals surface area contributed by atoms with Gasteiger partial charge in [0.1, 0.15) is 0 Å². The second-order valence-corrected chi connectivity index (χ2v) is 6.01. The molecule has 0 bridgehead atoms. The van der Waals surface area contributed by atoms with Crippen molar-refractivity contribution in [2.45, 2.75) is 58.0 Å². The van der Waals surface area contributed by atoms with E-state index in [1.807, 2.05) is 6.92 Å². The summed E-state index contributed by atoms with van der Waals surface area (Å²) >= 11 is 0. The van der Waals surface area contributed by atoms with Crippen LogP contribution < -0.4 is 0 Å². The average Bonchev–Trinajstić information content (AvgIpc) is 2.16. The van der Waals surface area contributed by atoms with Crippen molar-refractivity contribution >= 4 is 7.60 Å². The quantitative estimate of drug-likeness (QED) is 0.723. The molecule has 1 fully saturated rings. The Balaban J connectivity index is 2.29. The van der Waals surface area contributed by atoms with E-state index >= 15 is 0 Å². The summed E-state index contributed by atoms with van der Waals surface area (Å²) in [5, 5.41) is 0. The van der Waals surface area contributed by atoms with Gasteiger partial charge in [0.25, 0.3) is 0 Å². The maximum atomic E-state index is 11.6. The maximum absolute atomic E-state index is 11.6. The minimum Gasteiger partial charge on any atom is -0.324 e. The van der Waals surface area contributed by atoms with Crippen molar-refractivity contribution in [3.8, 4) is 0 Å². The Bertz CT molecular complexity index is 200. The fraction of sp³-hybridized carbons (Fsp3) is 1.00. The standard InChI is InChI=1S/C10H21O3P/c1-2-3-9-14(11,12)13-10-7-5-4-6-8-10/h10H,2-9H2,1H3,(H,11,12). The Morgan fingerprint density at radius 1 is 1.36 bits per heavy atom. The maximum Gasteiger partial charge on any atom is 0.328 e. The number of hydrogen-bond acceptors (Lipinski definition) is 2. The molecule has 1 aliphatic carbocycles. The Kier molecular flexibility index (Phi) is 5.14. The summed E-state index contributed by atoms with van der Waals surface area (Å²) in [5.74, 6) is 0. The molecular formula is C10H21O3P. The largest absolute Gasteiger partial charge is 0.328 e. The first-order chi connectivity index (χ1) is 6.64. The molecule has 0 aromatic rings. The molecule has 1 N–H and O–H groups in total. The predicted octanol–water partition coefficient (Wildman–Crippen LogP) is 3.32. The van der Waals surface area contributed by atoms with Crippen LogP contribution in [-0.2, 0) is 9.09 Å². The second kappa shape index (κ2) is 5.89. The fourth-order valence-electron chi connectivity index (χ4n) is 1.81. The van der Waals surface area contributed by atoms with Crippen LogP contribution in [-0.4, -0.2) is 17.2 Å². The lowest BCUT2D eigenvalue weighted by Crippen LogP contribution is -2.15. The van der Waals surface area contributed by atoms with Crippen LogP contribution in [0, 0.1) is 0 Å². The normalized spacial score (nSPS) is 23.3. The average molecular weight is 220 g/mol. The summed E-state index contributed by atoms with van der Waals surface area (Å²) < 4.78 is 16.9. The topological polar surface area (TPSA) is 46.5 Å². The van der Waals surface area contributed by atoms with Gasteiger partial charge in [0, 0.05) is 6.16 Å².